The number of carboxylic acid groups (broad SMARTS) is 1. The zero-order chi connectivity index (χ0) is 23.4. The number of halogens is 2. The molecule has 9 heteroatoms. The van der Waals surface area contributed by atoms with Crippen LogP contribution in [-0.2, 0) is 9.59 Å². The van der Waals surface area contributed by atoms with Gasteiger partial charge in [-0.15, -0.1) is 17.3 Å². The minimum Gasteiger partial charge on any atom is -0.491 e. The number of hydroxylamine groups is 1. The number of hydrogen-bond acceptors (Lipinski definition) is 5. The number of carboxylic acids is 1. The van der Waals surface area contributed by atoms with Gasteiger partial charge in [0.25, 0.3) is 0 Å². The van der Waals surface area contributed by atoms with Gasteiger partial charge in [0.2, 0.25) is 0 Å². The summed E-state index contributed by atoms with van der Waals surface area (Å²) in [4.78, 5) is 30.8. The normalized spacial score (nSPS) is 22.7. The van der Waals surface area contributed by atoms with Crippen molar-refractivity contribution in [2.75, 3.05) is 6.61 Å². The molecule has 1 heterocycles. The molecule has 0 saturated heterocycles. The van der Waals surface area contributed by atoms with Crippen molar-refractivity contribution in [2.45, 2.75) is 51.0 Å². The Balaban J connectivity index is 1.44. The van der Waals surface area contributed by atoms with E-state index in [4.69, 9.17) is 14.7 Å². The lowest BCUT2D eigenvalue weighted by Gasteiger charge is -2.14. The van der Waals surface area contributed by atoms with Crippen molar-refractivity contribution in [3.63, 3.8) is 0 Å². The summed E-state index contributed by atoms with van der Waals surface area (Å²) < 4.78 is 7.88. The van der Waals surface area contributed by atoms with Crippen LogP contribution in [0.15, 0.2) is 21.2 Å². The van der Waals surface area contributed by atoms with Gasteiger partial charge in [-0.05, 0) is 81.4 Å². The molecule has 7 nitrogen and oxygen atoms in total. The van der Waals surface area contributed by atoms with E-state index in [1.165, 1.54) is 6.42 Å². The third-order valence-electron chi connectivity index (χ3n) is 6.43. The first-order chi connectivity index (χ1) is 16.0. The number of carbonyl (C=O) groups is 2. The Morgan fingerprint density at radius 1 is 1.30 bits per heavy atom. The van der Waals surface area contributed by atoms with Gasteiger partial charge in [0, 0.05) is 25.5 Å². The highest BCUT2D eigenvalue weighted by Gasteiger charge is 2.49. The molecule has 0 unspecified atom stereocenters. The number of H-pyrrole nitrogens is 1. The molecule has 2 aliphatic rings. The lowest BCUT2D eigenvalue weighted by molar-refractivity contribution is -0.137. The van der Waals surface area contributed by atoms with Crippen LogP contribution in [0.2, 0.25) is 0 Å². The summed E-state index contributed by atoms with van der Waals surface area (Å²) in [5.41, 5.74) is 3.48. The van der Waals surface area contributed by atoms with E-state index in [-0.39, 0.29) is 12.8 Å². The Bertz CT molecular complexity index is 1090. The third-order valence-corrected chi connectivity index (χ3v) is 7.78. The quantitative estimate of drug-likeness (QED) is 0.202. The van der Waals surface area contributed by atoms with Crippen molar-refractivity contribution >= 4 is 55.0 Å². The number of ether oxygens (including phenoxy) is 1. The summed E-state index contributed by atoms with van der Waals surface area (Å²) in [7, 11) is 0. The Morgan fingerprint density at radius 3 is 2.88 bits per heavy atom. The number of nitrogens with one attached hydrogen (secondary N) is 2. The summed E-state index contributed by atoms with van der Waals surface area (Å²) in [6.07, 6.45) is 7.84. The zero-order valence-electron chi connectivity index (χ0n) is 18.0. The first-order valence-corrected chi connectivity index (χ1v) is 12.7. The molecular formula is C24H26Br2N2O5. The highest BCUT2D eigenvalue weighted by molar-refractivity contribution is 9.11. The molecule has 1 aromatic carbocycles. The summed E-state index contributed by atoms with van der Waals surface area (Å²) in [5, 5.41) is 9.60. The number of rotatable bonds is 10. The number of benzene rings is 1. The molecule has 33 heavy (non-hydrogen) atoms. The van der Waals surface area contributed by atoms with Gasteiger partial charge < -0.3 is 24.5 Å². The van der Waals surface area contributed by atoms with Crippen molar-refractivity contribution in [3.05, 3.63) is 21.2 Å². The second-order valence-electron chi connectivity index (χ2n) is 8.56. The fourth-order valence-corrected chi connectivity index (χ4v) is 6.15. The van der Waals surface area contributed by atoms with E-state index in [9.17, 15) is 9.59 Å². The molecule has 0 radical (unpaired) electrons. The van der Waals surface area contributed by atoms with E-state index >= 15 is 0 Å². The molecule has 1 fully saturated rings. The SMILES string of the molecule is O=C[C@H](CCC(=O)O)NOc1c[nH]c2cc(Br)c(OC[C@@H]3[C@@H]4CCCC#CCC[C@@H]43)c(Br)c12. The van der Waals surface area contributed by atoms with Crippen LogP contribution >= 0.6 is 31.9 Å². The van der Waals surface area contributed by atoms with E-state index in [1.807, 2.05) is 6.07 Å². The maximum atomic E-state index is 11.2. The van der Waals surface area contributed by atoms with Crippen molar-refractivity contribution in [2.24, 2.45) is 17.8 Å². The van der Waals surface area contributed by atoms with Gasteiger partial charge >= 0.3 is 5.97 Å². The number of carbonyl (C=O) groups excluding carboxylic acids is 1. The summed E-state index contributed by atoms with van der Waals surface area (Å²) in [6.45, 7) is 0.659. The highest BCUT2D eigenvalue weighted by Crippen LogP contribution is 2.53. The van der Waals surface area contributed by atoms with E-state index in [0.717, 1.165) is 51.4 Å². The van der Waals surface area contributed by atoms with Gasteiger partial charge in [-0.1, -0.05) is 0 Å². The monoisotopic (exact) mass is 580 g/mol. The first kappa shape index (κ1) is 24.1. The second-order valence-corrected chi connectivity index (χ2v) is 10.2. The van der Waals surface area contributed by atoms with Crippen molar-refractivity contribution < 1.29 is 24.3 Å². The molecule has 3 N–H and O–H groups in total. The fraction of sp³-hybridized carbons (Fsp3) is 0.500. The Hall–Kier alpha value is -2.02. The van der Waals surface area contributed by atoms with Crippen LogP contribution in [0.25, 0.3) is 10.9 Å². The Labute approximate surface area is 209 Å². The lowest BCUT2D eigenvalue weighted by Crippen LogP contribution is -2.33. The molecule has 2 aliphatic carbocycles. The average Bonchev–Trinajstić information content (AvgIpc) is 3.23. The summed E-state index contributed by atoms with van der Waals surface area (Å²) in [6, 6.07) is 1.20. The van der Waals surface area contributed by atoms with Crippen molar-refractivity contribution in [1.29, 1.82) is 0 Å². The van der Waals surface area contributed by atoms with Crippen LogP contribution in [-0.4, -0.2) is 35.0 Å². The maximum absolute atomic E-state index is 11.2. The molecular weight excluding hydrogens is 556 g/mol. The van der Waals surface area contributed by atoms with E-state index < -0.39 is 12.0 Å². The van der Waals surface area contributed by atoms with Gasteiger partial charge in [0.15, 0.2) is 5.75 Å². The van der Waals surface area contributed by atoms with E-state index in [1.54, 1.807) is 6.20 Å². The summed E-state index contributed by atoms with van der Waals surface area (Å²) >= 11 is 7.29. The number of fused-ring (bicyclic) bond motifs is 2. The largest absolute Gasteiger partial charge is 0.491 e. The standard InChI is InChI=1S/C24H26Br2N2O5/c25-18-10-19-22(20(11-27-19)33-28-14(12-29)8-9-21(30)31)23(26)24(18)32-13-17-15-6-4-2-1-3-5-7-16(15)17/h10-12,14-17,27-28H,2,4-9,13H2,(H,30,31)/t14-,15+,16-,17+/m0/s1. The predicted octanol–water partition coefficient (Wildman–Crippen LogP) is 5.22. The van der Waals surface area contributed by atoms with Gasteiger partial charge in [0.05, 0.1) is 32.5 Å². The molecule has 176 valence electrons. The molecule has 0 bridgehead atoms. The van der Waals surface area contributed by atoms with Crippen molar-refractivity contribution in [1.82, 2.24) is 10.5 Å². The second kappa shape index (κ2) is 10.9. The molecule has 0 amide bonds. The van der Waals surface area contributed by atoms with Crippen LogP contribution in [0.4, 0.5) is 0 Å². The molecule has 1 aromatic heterocycles. The van der Waals surface area contributed by atoms with Crippen LogP contribution < -0.4 is 15.1 Å². The summed E-state index contributed by atoms with van der Waals surface area (Å²) in [5.74, 6) is 8.73. The van der Waals surface area contributed by atoms with Crippen LogP contribution in [0.1, 0.15) is 44.9 Å². The van der Waals surface area contributed by atoms with E-state index in [0.29, 0.717) is 36.2 Å². The Kier molecular flexibility index (Phi) is 7.99. The smallest absolute Gasteiger partial charge is 0.303 e. The molecule has 0 aliphatic heterocycles. The predicted molar refractivity (Wildman–Crippen MR) is 131 cm³/mol. The van der Waals surface area contributed by atoms with Gasteiger partial charge in [-0.25, -0.2) is 0 Å². The number of hydrogen-bond donors (Lipinski definition) is 3. The fourth-order valence-electron chi connectivity index (χ4n) is 4.61. The topological polar surface area (TPSA) is 101 Å². The number of aromatic amines is 1. The number of aldehydes is 1. The highest BCUT2D eigenvalue weighted by atomic mass is 79.9. The molecule has 4 atom stereocenters. The van der Waals surface area contributed by atoms with Crippen LogP contribution in [0.3, 0.4) is 0 Å². The van der Waals surface area contributed by atoms with Gasteiger partial charge in [0.1, 0.15) is 12.0 Å². The minimum atomic E-state index is -0.963. The van der Waals surface area contributed by atoms with Crippen LogP contribution in [0, 0.1) is 29.6 Å². The van der Waals surface area contributed by atoms with Gasteiger partial charge in [-0.3, -0.25) is 4.79 Å². The zero-order valence-corrected chi connectivity index (χ0v) is 21.2. The minimum absolute atomic E-state index is 0.127. The number of aromatic nitrogens is 1. The molecule has 0 spiro atoms. The number of aliphatic carboxylic acids is 1. The van der Waals surface area contributed by atoms with Crippen molar-refractivity contribution in [3.8, 4) is 23.3 Å². The maximum Gasteiger partial charge on any atom is 0.303 e. The molecule has 1 saturated carbocycles. The lowest BCUT2D eigenvalue weighted by atomic mass is 10.1. The Morgan fingerprint density at radius 2 is 2.09 bits per heavy atom. The van der Waals surface area contributed by atoms with Gasteiger partial charge in [-0.2, -0.15) is 0 Å². The first-order valence-electron chi connectivity index (χ1n) is 11.2. The molecule has 4 rings (SSSR count). The average molecular weight is 582 g/mol. The van der Waals surface area contributed by atoms with Crippen LogP contribution in [0.5, 0.6) is 11.5 Å². The molecule has 2 aromatic rings. The van der Waals surface area contributed by atoms with E-state index in [2.05, 4.69) is 54.2 Å². The third kappa shape index (κ3) is 5.73.